The quantitative estimate of drug-likeness (QED) is 0.850. The molecule has 3 N–H and O–H groups in total. The zero-order valence-corrected chi connectivity index (χ0v) is 10.3. The third kappa shape index (κ3) is 3.14. The van der Waals surface area contributed by atoms with Gasteiger partial charge in [-0.2, -0.15) is 4.98 Å². The smallest absolute Gasteiger partial charge is 0.246 e. The SMILES string of the molecule is Cc1ccc(-c2noc(CNC(=O)CN)n2)cc1F. The summed E-state index contributed by atoms with van der Waals surface area (Å²) in [7, 11) is 0. The van der Waals surface area contributed by atoms with Crippen LogP contribution < -0.4 is 11.1 Å². The van der Waals surface area contributed by atoms with Crippen molar-refractivity contribution in [3.05, 3.63) is 35.5 Å². The summed E-state index contributed by atoms with van der Waals surface area (Å²) in [5.41, 5.74) is 6.20. The molecule has 100 valence electrons. The second-order valence-electron chi connectivity index (χ2n) is 3.96. The van der Waals surface area contributed by atoms with Gasteiger partial charge in [0.05, 0.1) is 13.1 Å². The van der Waals surface area contributed by atoms with Gasteiger partial charge in [-0.05, 0) is 18.6 Å². The van der Waals surface area contributed by atoms with Gasteiger partial charge in [0.2, 0.25) is 17.6 Å². The monoisotopic (exact) mass is 264 g/mol. The lowest BCUT2D eigenvalue weighted by atomic mass is 10.1. The van der Waals surface area contributed by atoms with Gasteiger partial charge >= 0.3 is 0 Å². The van der Waals surface area contributed by atoms with Crippen LogP contribution in [0.3, 0.4) is 0 Å². The summed E-state index contributed by atoms with van der Waals surface area (Å²) in [4.78, 5) is 15.0. The molecule has 0 aliphatic rings. The van der Waals surface area contributed by atoms with Gasteiger partial charge in [-0.15, -0.1) is 0 Å². The molecule has 0 aliphatic carbocycles. The van der Waals surface area contributed by atoms with Crippen LogP contribution in [0.1, 0.15) is 11.5 Å². The van der Waals surface area contributed by atoms with Crippen LogP contribution in [-0.2, 0) is 11.3 Å². The lowest BCUT2D eigenvalue weighted by Crippen LogP contribution is -2.29. The Hall–Kier alpha value is -2.28. The predicted molar refractivity (Wildman–Crippen MR) is 65.3 cm³/mol. The van der Waals surface area contributed by atoms with E-state index in [-0.39, 0.29) is 36.5 Å². The fourth-order valence-corrected chi connectivity index (χ4v) is 1.42. The van der Waals surface area contributed by atoms with E-state index in [1.54, 1.807) is 19.1 Å². The van der Waals surface area contributed by atoms with Crippen molar-refractivity contribution in [2.75, 3.05) is 6.54 Å². The van der Waals surface area contributed by atoms with Gasteiger partial charge in [0.15, 0.2) is 0 Å². The van der Waals surface area contributed by atoms with Crippen LogP contribution >= 0.6 is 0 Å². The number of rotatable bonds is 4. The fourth-order valence-electron chi connectivity index (χ4n) is 1.42. The topological polar surface area (TPSA) is 94.0 Å². The Balaban J connectivity index is 2.12. The molecule has 0 saturated heterocycles. The van der Waals surface area contributed by atoms with Gasteiger partial charge in [0.1, 0.15) is 5.82 Å². The molecular weight excluding hydrogens is 251 g/mol. The van der Waals surface area contributed by atoms with Crippen molar-refractivity contribution in [1.82, 2.24) is 15.5 Å². The van der Waals surface area contributed by atoms with Crippen molar-refractivity contribution in [2.24, 2.45) is 5.73 Å². The highest BCUT2D eigenvalue weighted by molar-refractivity contribution is 5.77. The zero-order chi connectivity index (χ0) is 13.8. The van der Waals surface area contributed by atoms with Crippen LogP contribution in [0.15, 0.2) is 22.7 Å². The fraction of sp³-hybridized carbons (Fsp3) is 0.250. The molecule has 1 amide bonds. The molecule has 6 nitrogen and oxygen atoms in total. The molecule has 2 rings (SSSR count). The first-order chi connectivity index (χ1) is 9.10. The highest BCUT2D eigenvalue weighted by atomic mass is 19.1. The average molecular weight is 264 g/mol. The van der Waals surface area contributed by atoms with E-state index in [2.05, 4.69) is 15.5 Å². The first-order valence-electron chi connectivity index (χ1n) is 5.66. The van der Waals surface area contributed by atoms with Crippen molar-refractivity contribution in [3.8, 4) is 11.4 Å². The van der Waals surface area contributed by atoms with Crippen LogP contribution in [0.5, 0.6) is 0 Å². The number of carbonyl (C=O) groups excluding carboxylic acids is 1. The summed E-state index contributed by atoms with van der Waals surface area (Å²) in [5.74, 6) is -0.143. The minimum atomic E-state index is -0.333. The molecule has 7 heteroatoms. The van der Waals surface area contributed by atoms with Crippen LogP contribution in [-0.4, -0.2) is 22.6 Å². The Morgan fingerprint density at radius 1 is 1.53 bits per heavy atom. The molecular formula is C12H13FN4O2. The number of amides is 1. The maximum atomic E-state index is 13.4. The standard InChI is InChI=1S/C12H13FN4O2/c1-7-2-3-8(4-9(7)13)12-16-11(19-17-12)6-15-10(18)5-14/h2-4H,5-6,14H2,1H3,(H,15,18). The van der Waals surface area contributed by atoms with E-state index in [0.29, 0.717) is 11.1 Å². The Morgan fingerprint density at radius 2 is 2.32 bits per heavy atom. The highest BCUT2D eigenvalue weighted by Crippen LogP contribution is 2.18. The van der Waals surface area contributed by atoms with Gasteiger partial charge in [-0.25, -0.2) is 4.39 Å². The van der Waals surface area contributed by atoms with E-state index >= 15 is 0 Å². The molecule has 1 heterocycles. The lowest BCUT2D eigenvalue weighted by molar-refractivity contribution is -0.120. The zero-order valence-electron chi connectivity index (χ0n) is 10.3. The molecule has 0 fully saturated rings. The molecule has 19 heavy (non-hydrogen) atoms. The Morgan fingerprint density at radius 3 is 3.00 bits per heavy atom. The number of nitrogens with one attached hydrogen (secondary N) is 1. The molecule has 0 saturated carbocycles. The molecule has 0 atom stereocenters. The Kier molecular flexibility index (Phi) is 3.86. The Labute approximate surface area is 108 Å². The molecule has 1 aromatic carbocycles. The number of benzene rings is 1. The summed E-state index contributed by atoms with van der Waals surface area (Å²) in [5, 5.41) is 6.23. The molecule has 0 radical (unpaired) electrons. The van der Waals surface area contributed by atoms with Crippen molar-refractivity contribution >= 4 is 5.91 Å². The number of aryl methyl sites for hydroxylation is 1. The summed E-state index contributed by atoms with van der Waals surface area (Å²) in [6.07, 6.45) is 0. The maximum Gasteiger partial charge on any atom is 0.246 e. The molecule has 0 unspecified atom stereocenters. The normalized spacial score (nSPS) is 10.5. The van der Waals surface area contributed by atoms with Gasteiger partial charge in [0, 0.05) is 5.56 Å². The number of halogens is 1. The summed E-state index contributed by atoms with van der Waals surface area (Å²) >= 11 is 0. The van der Waals surface area contributed by atoms with Crippen LogP contribution in [0, 0.1) is 12.7 Å². The van der Waals surface area contributed by atoms with E-state index in [1.807, 2.05) is 0 Å². The first-order valence-corrected chi connectivity index (χ1v) is 5.66. The van der Waals surface area contributed by atoms with E-state index in [4.69, 9.17) is 10.3 Å². The molecule has 0 bridgehead atoms. The van der Waals surface area contributed by atoms with Gasteiger partial charge < -0.3 is 15.6 Å². The van der Waals surface area contributed by atoms with Gasteiger partial charge in [-0.3, -0.25) is 4.79 Å². The second kappa shape index (κ2) is 5.57. The Bertz CT molecular complexity index is 597. The molecule has 2 aromatic rings. The second-order valence-corrected chi connectivity index (χ2v) is 3.96. The maximum absolute atomic E-state index is 13.4. The van der Waals surface area contributed by atoms with Crippen molar-refractivity contribution in [1.29, 1.82) is 0 Å². The van der Waals surface area contributed by atoms with E-state index in [1.165, 1.54) is 6.07 Å². The first kappa shape index (κ1) is 13.2. The van der Waals surface area contributed by atoms with Gasteiger partial charge in [0.25, 0.3) is 0 Å². The number of hydrogen-bond donors (Lipinski definition) is 2. The minimum Gasteiger partial charge on any atom is -0.346 e. The van der Waals surface area contributed by atoms with Crippen molar-refractivity contribution in [2.45, 2.75) is 13.5 Å². The molecule has 0 spiro atoms. The van der Waals surface area contributed by atoms with E-state index in [9.17, 15) is 9.18 Å². The number of nitrogens with zero attached hydrogens (tertiary/aromatic N) is 2. The summed E-state index contributed by atoms with van der Waals surface area (Å²) < 4.78 is 18.4. The number of nitrogens with two attached hydrogens (primary N) is 1. The number of aromatic nitrogens is 2. The van der Waals surface area contributed by atoms with Crippen molar-refractivity contribution < 1.29 is 13.7 Å². The molecule has 0 aliphatic heterocycles. The summed E-state index contributed by atoms with van der Waals surface area (Å²) in [6, 6.07) is 4.67. The number of carbonyl (C=O) groups is 1. The number of hydrogen-bond acceptors (Lipinski definition) is 5. The predicted octanol–water partition coefficient (Wildman–Crippen LogP) is 0.759. The minimum absolute atomic E-state index is 0.0946. The van der Waals surface area contributed by atoms with E-state index < -0.39 is 0 Å². The average Bonchev–Trinajstić information content (AvgIpc) is 2.88. The largest absolute Gasteiger partial charge is 0.346 e. The summed E-state index contributed by atoms with van der Waals surface area (Å²) in [6.45, 7) is 1.66. The lowest BCUT2D eigenvalue weighted by Gasteiger charge is -1.98. The van der Waals surface area contributed by atoms with Crippen LogP contribution in [0.4, 0.5) is 4.39 Å². The highest BCUT2D eigenvalue weighted by Gasteiger charge is 2.10. The van der Waals surface area contributed by atoms with Crippen LogP contribution in [0.25, 0.3) is 11.4 Å². The molecule has 1 aromatic heterocycles. The van der Waals surface area contributed by atoms with Crippen LogP contribution in [0.2, 0.25) is 0 Å². The van der Waals surface area contributed by atoms with E-state index in [0.717, 1.165) is 0 Å². The third-order valence-electron chi connectivity index (χ3n) is 2.52. The van der Waals surface area contributed by atoms with Crippen molar-refractivity contribution in [3.63, 3.8) is 0 Å². The van der Waals surface area contributed by atoms with Gasteiger partial charge in [-0.1, -0.05) is 17.3 Å². The third-order valence-corrected chi connectivity index (χ3v) is 2.52.